The van der Waals surface area contributed by atoms with E-state index in [0.29, 0.717) is 0 Å². The Labute approximate surface area is 121 Å². The van der Waals surface area contributed by atoms with Crippen molar-refractivity contribution in [2.75, 3.05) is 0 Å². The Morgan fingerprint density at radius 1 is 1.20 bits per heavy atom. The highest BCUT2D eigenvalue weighted by atomic mass is 32.1. The molecule has 0 aliphatic carbocycles. The summed E-state index contributed by atoms with van der Waals surface area (Å²) in [6, 6.07) is 7.84. The number of hydrogen-bond donors (Lipinski definition) is 1. The molecule has 2 heterocycles. The first kappa shape index (κ1) is 13.1. The van der Waals surface area contributed by atoms with Gasteiger partial charge in [-0.05, 0) is 34.5 Å². The van der Waals surface area contributed by atoms with Crippen molar-refractivity contribution in [3.8, 4) is 0 Å². The van der Waals surface area contributed by atoms with E-state index in [1.807, 2.05) is 24.3 Å². The zero-order chi connectivity index (χ0) is 14.1. The third-order valence-electron chi connectivity index (χ3n) is 3.35. The Balaban J connectivity index is 2.13. The minimum absolute atomic E-state index is 0.242. The third-order valence-corrected chi connectivity index (χ3v) is 4.14. The molecule has 0 aliphatic rings. The molecule has 0 saturated heterocycles. The molecule has 0 radical (unpaired) electrons. The van der Waals surface area contributed by atoms with Gasteiger partial charge in [0.1, 0.15) is 6.10 Å². The number of rotatable bonds is 3. The molecule has 0 saturated carbocycles. The molecule has 0 aliphatic heterocycles. The molecule has 0 amide bonds. The van der Waals surface area contributed by atoms with Gasteiger partial charge in [-0.15, -0.1) is 5.10 Å². The maximum atomic E-state index is 10.7. The van der Waals surface area contributed by atoms with Gasteiger partial charge in [-0.2, -0.15) is 0 Å². The molecule has 3 rings (SSSR count). The second-order valence-electron chi connectivity index (χ2n) is 5.02. The summed E-state index contributed by atoms with van der Waals surface area (Å²) >= 11 is 1.26. The molecule has 1 unspecified atom stereocenters. The molecule has 0 spiro atoms. The van der Waals surface area contributed by atoms with Crippen molar-refractivity contribution in [2.45, 2.75) is 25.9 Å². The average Bonchev–Trinajstić information content (AvgIpc) is 2.95. The van der Waals surface area contributed by atoms with Crippen LogP contribution >= 0.6 is 11.5 Å². The standard InChI is InChI=1S/C15H15N3OS/c1-9(2)13-15(20-18-17-13)14(19)11-5-3-4-10-6-7-16-8-12(10)11/h3-9,14,19H,1-2H3. The summed E-state index contributed by atoms with van der Waals surface area (Å²) in [5, 5.41) is 16.9. The zero-order valence-corrected chi connectivity index (χ0v) is 12.1. The van der Waals surface area contributed by atoms with Crippen LogP contribution in [0.15, 0.2) is 36.7 Å². The van der Waals surface area contributed by atoms with E-state index in [2.05, 4.69) is 28.4 Å². The van der Waals surface area contributed by atoms with E-state index in [-0.39, 0.29) is 5.92 Å². The Bertz CT molecular complexity index is 733. The monoisotopic (exact) mass is 285 g/mol. The summed E-state index contributed by atoms with van der Waals surface area (Å²) in [5.41, 5.74) is 1.71. The van der Waals surface area contributed by atoms with Gasteiger partial charge in [0.2, 0.25) is 0 Å². The lowest BCUT2D eigenvalue weighted by Gasteiger charge is -2.14. The van der Waals surface area contributed by atoms with E-state index in [9.17, 15) is 5.11 Å². The van der Waals surface area contributed by atoms with E-state index in [1.54, 1.807) is 12.4 Å². The van der Waals surface area contributed by atoms with Crippen LogP contribution in [0.1, 0.15) is 42.0 Å². The molecule has 0 bridgehead atoms. The second kappa shape index (κ2) is 5.26. The normalized spacial score (nSPS) is 13.0. The van der Waals surface area contributed by atoms with Crippen LogP contribution in [0.2, 0.25) is 0 Å². The predicted octanol–water partition coefficient (Wildman–Crippen LogP) is 3.29. The van der Waals surface area contributed by atoms with Gasteiger partial charge < -0.3 is 5.11 Å². The second-order valence-corrected chi connectivity index (χ2v) is 5.81. The topological polar surface area (TPSA) is 58.9 Å². The van der Waals surface area contributed by atoms with Crippen molar-refractivity contribution in [3.05, 3.63) is 52.8 Å². The van der Waals surface area contributed by atoms with Gasteiger partial charge in [0.15, 0.2) is 0 Å². The summed E-state index contributed by atoms with van der Waals surface area (Å²) < 4.78 is 3.99. The minimum atomic E-state index is -0.708. The Morgan fingerprint density at radius 3 is 2.85 bits per heavy atom. The lowest BCUT2D eigenvalue weighted by molar-refractivity contribution is 0.224. The molecule has 5 heteroatoms. The van der Waals surface area contributed by atoms with Crippen LogP contribution in [0, 0.1) is 0 Å². The van der Waals surface area contributed by atoms with Gasteiger partial charge in [0.05, 0.1) is 10.6 Å². The molecule has 102 valence electrons. The molecule has 20 heavy (non-hydrogen) atoms. The lowest BCUT2D eigenvalue weighted by atomic mass is 9.98. The zero-order valence-electron chi connectivity index (χ0n) is 11.3. The van der Waals surface area contributed by atoms with Gasteiger partial charge in [-0.3, -0.25) is 4.98 Å². The summed E-state index contributed by atoms with van der Waals surface area (Å²) in [6.07, 6.45) is 2.84. The highest BCUT2D eigenvalue weighted by molar-refractivity contribution is 7.05. The van der Waals surface area contributed by atoms with E-state index in [1.165, 1.54) is 11.5 Å². The van der Waals surface area contributed by atoms with Crippen LogP contribution in [0.4, 0.5) is 0 Å². The molecule has 1 atom stereocenters. The number of aromatic nitrogens is 3. The van der Waals surface area contributed by atoms with E-state index < -0.39 is 6.10 Å². The largest absolute Gasteiger partial charge is 0.383 e. The van der Waals surface area contributed by atoms with Crippen LogP contribution < -0.4 is 0 Å². The van der Waals surface area contributed by atoms with Crippen molar-refractivity contribution in [1.82, 2.24) is 14.6 Å². The van der Waals surface area contributed by atoms with E-state index >= 15 is 0 Å². The highest BCUT2D eigenvalue weighted by Gasteiger charge is 2.22. The van der Waals surface area contributed by atoms with Gasteiger partial charge in [-0.1, -0.05) is 36.5 Å². The van der Waals surface area contributed by atoms with Gasteiger partial charge in [0.25, 0.3) is 0 Å². The number of nitrogens with zero attached hydrogens (tertiary/aromatic N) is 3. The number of pyridine rings is 1. The highest BCUT2D eigenvalue weighted by Crippen LogP contribution is 2.33. The quantitative estimate of drug-likeness (QED) is 0.802. The summed E-state index contributed by atoms with van der Waals surface area (Å²) in [6.45, 7) is 4.11. The Morgan fingerprint density at radius 2 is 2.05 bits per heavy atom. The molecule has 1 N–H and O–H groups in total. The number of aliphatic hydroxyl groups is 1. The predicted molar refractivity (Wildman–Crippen MR) is 79.8 cm³/mol. The summed E-state index contributed by atoms with van der Waals surface area (Å²) in [7, 11) is 0. The van der Waals surface area contributed by atoms with Crippen molar-refractivity contribution in [3.63, 3.8) is 0 Å². The van der Waals surface area contributed by atoms with Gasteiger partial charge in [0, 0.05) is 17.8 Å². The van der Waals surface area contributed by atoms with Crippen molar-refractivity contribution in [2.24, 2.45) is 0 Å². The molecule has 0 fully saturated rings. The molecule has 1 aromatic carbocycles. The third kappa shape index (κ3) is 2.19. The Hall–Kier alpha value is -1.85. The van der Waals surface area contributed by atoms with Crippen molar-refractivity contribution >= 4 is 22.3 Å². The fraction of sp³-hybridized carbons (Fsp3) is 0.267. The van der Waals surface area contributed by atoms with E-state index in [0.717, 1.165) is 26.9 Å². The molecular formula is C15H15N3OS. The van der Waals surface area contributed by atoms with Gasteiger partial charge >= 0.3 is 0 Å². The molecule has 2 aromatic heterocycles. The first-order valence-electron chi connectivity index (χ1n) is 6.51. The lowest BCUT2D eigenvalue weighted by Crippen LogP contribution is -2.03. The van der Waals surface area contributed by atoms with Crippen LogP contribution in [0.3, 0.4) is 0 Å². The van der Waals surface area contributed by atoms with Crippen LogP contribution in [-0.4, -0.2) is 19.7 Å². The molecular weight excluding hydrogens is 270 g/mol. The fourth-order valence-electron chi connectivity index (χ4n) is 2.31. The maximum absolute atomic E-state index is 10.7. The van der Waals surface area contributed by atoms with E-state index in [4.69, 9.17) is 0 Å². The van der Waals surface area contributed by atoms with Crippen LogP contribution in [0.5, 0.6) is 0 Å². The van der Waals surface area contributed by atoms with Crippen LogP contribution in [-0.2, 0) is 0 Å². The first-order valence-corrected chi connectivity index (χ1v) is 7.28. The molecule has 4 nitrogen and oxygen atoms in total. The fourth-order valence-corrected chi connectivity index (χ4v) is 3.12. The smallest absolute Gasteiger partial charge is 0.117 e. The average molecular weight is 285 g/mol. The van der Waals surface area contributed by atoms with Crippen LogP contribution in [0.25, 0.3) is 10.8 Å². The van der Waals surface area contributed by atoms with Gasteiger partial charge in [-0.25, -0.2) is 0 Å². The number of benzene rings is 1. The number of fused-ring (bicyclic) bond motifs is 1. The number of aliphatic hydroxyl groups excluding tert-OH is 1. The Kier molecular flexibility index (Phi) is 3.46. The summed E-state index contributed by atoms with van der Waals surface area (Å²) in [5.74, 6) is 0.242. The molecule has 3 aromatic rings. The van der Waals surface area contributed by atoms with Crippen molar-refractivity contribution < 1.29 is 5.11 Å². The van der Waals surface area contributed by atoms with Crippen molar-refractivity contribution in [1.29, 1.82) is 0 Å². The first-order chi connectivity index (χ1) is 9.68. The summed E-state index contributed by atoms with van der Waals surface area (Å²) in [4.78, 5) is 4.97. The maximum Gasteiger partial charge on any atom is 0.117 e. The SMILES string of the molecule is CC(C)c1nnsc1C(O)c1cccc2ccncc12. The number of hydrogen-bond acceptors (Lipinski definition) is 5. The minimum Gasteiger partial charge on any atom is -0.383 e.